The van der Waals surface area contributed by atoms with Crippen molar-refractivity contribution in [3.63, 3.8) is 0 Å². The Morgan fingerprint density at radius 2 is 1.91 bits per heavy atom. The number of aromatic hydroxyl groups is 2. The minimum Gasteiger partial charge on any atom is -0.508 e. The number of morpholine rings is 1. The smallest absolute Gasteiger partial charge is 0.342 e. The molecule has 1 saturated heterocycles. The zero-order valence-corrected chi connectivity index (χ0v) is 12.5. The number of phenols is 2. The summed E-state index contributed by atoms with van der Waals surface area (Å²) in [4.78, 5) is 25.5. The van der Waals surface area contributed by atoms with Crippen molar-refractivity contribution in [1.82, 2.24) is 4.90 Å². The first-order chi connectivity index (χ1) is 10.4. The van der Waals surface area contributed by atoms with Gasteiger partial charge in [-0.15, -0.1) is 0 Å². The van der Waals surface area contributed by atoms with Gasteiger partial charge < -0.3 is 24.6 Å². The molecule has 22 heavy (non-hydrogen) atoms. The molecule has 2 atom stereocenters. The fraction of sp³-hybridized carbons (Fsp3) is 0.467. The highest BCUT2D eigenvalue weighted by molar-refractivity contribution is 5.94. The number of phenolic OH excluding ortho intramolecular Hbond substituents is 2. The molecule has 0 spiro atoms. The predicted molar refractivity (Wildman–Crippen MR) is 76.6 cm³/mol. The molecule has 2 N–H and O–H groups in total. The summed E-state index contributed by atoms with van der Waals surface area (Å²) in [5, 5.41) is 18.7. The van der Waals surface area contributed by atoms with Crippen LogP contribution in [0.15, 0.2) is 18.2 Å². The second-order valence-electron chi connectivity index (χ2n) is 5.33. The molecular formula is C15H19NO6. The molecule has 0 unspecified atom stereocenters. The maximum atomic E-state index is 12.1. The molecule has 0 aromatic heterocycles. The molecule has 1 aromatic rings. The largest absolute Gasteiger partial charge is 0.508 e. The van der Waals surface area contributed by atoms with Gasteiger partial charge in [-0.1, -0.05) is 0 Å². The van der Waals surface area contributed by atoms with Crippen LogP contribution >= 0.6 is 0 Å². The zero-order valence-electron chi connectivity index (χ0n) is 12.5. The highest BCUT2D eigenvalue weighted by Crippen LogP contribution is 2.23. The molecule has 0 saturated carbocycles. The van der Waals surface area contributed by atoms with Crippen LogP contribution in [-0.2, 0) is 14.3 Å². The van der Waals surface area contributed by atoms with Crippen molar-refractivity contribution in [2.45, 2.75) is 26.1 Å². The van der Waals surface area contributed by atoms with Gasteiger partial charge in [-0.25, -0.2) is 4.79 Å². The quantitative estimate of drug-likeness (QED) is 0.805. The van der Waals surface area contributed by atoms with Crippen molar-refractivity contribution in [3.8, 4) is 11.5 Å². The number of rotatable bonds is 3. The van der Waals surface area contributed by atoms with E-state index in [2.05, 4.69) is 0 Å². The second kappa shape index (κ2) is 6.65. The van der Waals surface area contributed by atoms with Crippen molar-refractivity contribution < 1.29 is 29.3 Å². The number of amides is 1. The Hall–Kier alpha value is -2.28. The van der Waals surface area contributed by atoms with E-state index in [1.807, 2.05) is 13.8 Å². The molecule has 0 bridgehead atoms. The SMILES string of the molecule is C[C@@H]1CN(C(=O)COC(=O)c2ccc(O)cc2O)C[C@@H](C)O1. The van der Waals surface area contributed by atoms with Crippen LogP contribution in [0.1, 0.15) is 24.2 Å². The van der Waals surface area contributed by atoms with E-state index in [-0.39, 0.29) is 29.4 Å². The van der Waals surface area contributed by atoms with E-state index in [1.165, 1.54) is 12.1 Å². The van der Waals surface area contributed by atoms with E-state index in [0.29, 0.717) is 13.1 Å². The third-order valence-electron chi connectivity index (χ3n) is 3.30. The van der Waals surface area contributed by atoms with Crippen molar-refractivity contribution in [2.24, 2.45) is 0 Å². The predicted octanol–water partition coefficient (Wildman–Crippen LogP) is 0.890. The number of nitrogens with zero attached hydrogens (tertiary/aromatic N) is 1. The molecule has 7 nitrogen and oxygen atoms in total. The van der Waals surface area contributed by atoms with E-state index in [9.17, 15) is 19.8 Å². The molecule has 2 rings (SSSR count). The third kappa shape index (κ3) is 3.88. The first-order valence-corrected chi connectivity index (χ1v) is 6.99. The van der Waals surface area contributed by atoms with Crippen LogP contribution in [-0.4, -0.2) is 58.9 Å². The van der Waals surface area contributed by atoms with E-state index in [4.69, 9.17) is 9.47 Å². The van der Waals surface area contributed by atoms with E-state index in [1.54, 1.807) is 4.90 Å². The fourth-order valence-electron chi connectivity index (χ4n) is 2.37. The van der Waals surface area contributed by atoms with E-state index >= 15 is 0 Å². The second-order valence-corrected chi connectivity index (χ2v) is 5.33. The average Bonchev–Trinajstić information content (AvgIpc) is 2.43. The van der Waals surface area contributed by atoms with Gasteiger partial charge in [0.1, 0.15) is 17.1 Å². The summed E-state index contributed by atoms with van der Waals surface area (Å²) < 4.78 is 10.5. The third-order valence-corrected chi connectivity index (χ3v) is 3.30. The Kier molecular flexibility index (Phi) is 4.87. The van der Waals surface area contributed by atoms with Crippen LogP contribution < -0.4 is 0 Å². The van der Waals surface area contributed by atoms with Gasteiger partial charge in [-0.05, 0) is 26.0 Å². The topological polar surface area (TPSA) is 96.3 Å². The van der Waals surface area contributed by atoms with Gasteiger partial charge in [0.2, 0.25) is 0 Å². The lowest BCUT2D eigenvalue weighted by Gasteiger charge is -2.35. The van der Waals surface area contributed by atoms with E-state index in [0.717, 1.165) is 6.07 Å². The molecule has 120 valence electrons. The normalized spacial score (nSPS) is 21.5. The first kappa shape index (κ1) is 16.1. The zero-order chi connectivity index (χ0) is 16.3. The summed E-state index contributed by atoms with van der Waals surface area (Å²) in [6.45, 7) is 4.24. The van der Waals surface area contributed by atoms with Gasteiger partial charge in [-0.3, -0.25) is 4.79 Å². The summed E-state index contributed by atoms with van der Waals surface area (Å²) >= 11 is 0. The summed E-state index contributed by atoms with van der Waals surface area (Å²) in [5.41, 5.74) is -0.102. The molecule has 1 fully saturated rings. The number of hydrogen-bond acceptors (Lipinski definition) is 6. The molecule has 0 aliphatic carbocycles. The molecule has 1 heterocycles. The Morgan fingerprint density at radius 3 is 2.50 bits per heavy atom. The first-order valence-electron chi connectivity index (χ1n) is 6.99. The maximum absolute atomic E-state index is 12.1. The van der Waals surface area contributed by atoms with E-state index < -0.39 is 18.3 Å². The number of ether oxygens (including phenoxy) is 2. The van der Waals surface area contributed by atoms with Gasteiger partial charge >= 0.3 is 5.97 Å². The Morgan fingerprint density at radius 1 is 1.27 bits per heavy atom. The Bertz CT molecular complexity index is 563. The van der Waals surface area contributed by atoms with Crippen molar-refractivity contribution >= 4 is 11.9 Å². The number of carbonyl (C=O) groups is 2. The van der Waals surface area contributed by atoms with Crippen LogP contribution in [0.4, 0.5) is 0 Å². The molecule has 1 aliphatic heterocycles. The van der Waals surface area contributed by atoms with Crippen LogP contribution in [0, 0.1) is 0 Å². The van der Waals surface area contributed by atoms with Crippen LogP contribution in [0.5, 0.6) is 11.5 Å². The number of esters is 1. The van der Waals surface area contributed by atoms with Gasteiger partial charge in [0.15, 0.2) is 6.61 Å². The van der Waals surface area contributed by atoms with Gasteiger partial charge in [0, 0.05) is 19.2 Å². The summed E-state index contributed by atoms with van der Waals surface area (Å²) in [7, 11) is 0. The summed E-state index contributed by atoms with van der Waals surface area (Å²) in [5.74, 6) is -1.69. The maximum Gasteiger partial charge on any atom is 0.342 e. The summed E-state index contributed by atoms with van der Waals surface area (Å²) in [6.07, 6.45) is -0.130. The average molecular weight is 309 g/mol. The standard InChI is InChI=1S/C15H19NO6/c1-9-6-16(7-10(2)22-9)14(19)8-21-15(20)12-4-3-11(17)5-13(12)18/h3-5,9-10,17-18H,6-8H2,1-2H3/t9-,10-/m1/s1. The molecule has 0 radical (unpaired) electrons. The number of hydrogen-bond donors (Lipinski definition) is 2. The van der Waals surface area contributed by atoms with Crippen LogP contribution in [0.25, 0.3) is 0 Å². The molecule has 7 heteroatoms. The lowest BCUT2D eigenvalue weighted by Crippen LogP contribution is -2.49. The number of benzene rings is 1. The molecular weight excluding hydrogens is 290 g/mol. The van der Waals surface area contributed by atoms with Crippen molar-refractivity contribution in [1.29, 1.82) is 0 Å². The van der Waals surface area contributed by atoms with Crippen molar-refractivity contribution in [2.75, 3.05) is 19.7 Å². The highest BCUT2D eigenvalue weighted by Gasteiger charge is 2.26. The Labute approximate surface area is 128 Å². The number of carbonyl (C=O) groups excluding carboxylic acids is 2. The minimum absolute atomic E-state index is 0.0652. The van der Waals surface area contributed by atoms with Gasteiger partial charge in [0.25, 0.3) is 5.91 Å². The fourth-order valence-corrected chi connectivity index (χ4v) is 2.37. The van der Waals surface area contributed by atoms with Crippen LogP contribution in [0.2, 0.25) is 0 Å². The molecule has 1 amide bonds. The van der Waals surface area contributed by atoms with Crippen LogP contribution in [0.3, 0.4) is 0 Å². The highest BCUT2D eigenvalue weighted by atomic mass is 16.5. The minimum atomic E-state index is -0.819. The lowest BCUT2D eigenvalue weighted by atomic mass is 10.2. The monoisotopic (exact) mass is 309 g/mol. The van der Waals surface area contributed by atoms with Gasteiger partial charge in [-0.2, -0.15) is 0 Å². The van der Waals surface area contributed by atoms with Crippen molar-refractivity contribution in [3.05, 3.63) is 23.8 Å². The molecule has 1 aliphatic rings. The summed E-state index contributed by atoms with van der Waals surface area (Å²) in [6, 6.07) is 3.52. The van der Waals surface area contributed by atoms with Gasteiger partial charge in [0.05, 0.1) is 12.2 Å². The lowest BCUT2D eigenvalue weighted by molar-refractivity contribution is -0.146. The Balaban J connectivity index is 1.91. The molecule has 1 aromatic carbocycles.